The first-order valence-corrected chi connectivity index (χ1v) is 7.53. The third-order valence-electron chi connectivity index (χ3n) is 3.15. The van der Waals surface area contributed by atoms with E-state index >= 15 is 0 Å². The zero-order valence-corrected chi connectivity index (χ0v) is 12.8. The molecule has 1 amide bonds. The number of nitrogens with one attached hydrogen (secondary N) is 1. The number of thioether (sulfide) groups is 1. The molecule has 3 rings (SSSR count). The number of amidine groups is 2. The highest BCUT2D eigenvalue weighted by molar-refractivity contribution is 8.27. The maximum Gasteiger partial charge on any atom is 0.283 e. The first-order chi connectivity index (χ1) is 10.5. The molecule has 0 unspecified atom stereocenters. The number of amides is 1. The summed E-state index contributed by atoms with van der Waals surface area (Å²) in [5.74, 6) is -0.642. The Morgan fingerprint density at radius 2 is 2.00 bits per heavy atom. The van der Waals surface area contributed by atoms with E-state index < -0.39 is 5.91 Å². The molecule has 1 aromatic carbocycles. The van der Waals surface area contributed by atoms with Crippen LogP contribution in [0.3, 0.4) is 0 Å². The van der Waals surface area contributed by atoms with Crippen LogP contribution in [0, 0.1) is 17.1 Å². The van der Waals surface area contributed by atoms with E-state index in [0.717, 1.165) is 5.04 Å². The van der Waals surface area contributed by atoms with Crippen molar-refractivity contribution >= 4 is 39.8 Å². The van der Waals surface area contributed by atoms with Crippen LogP contribution < -0.4 is 0 Å². The predicted octanol–water partition coefficient (Wildman–Crippen LogP) is 3.10. The zero-order valence-electron chi connectivity index (χ0n) is 12.0. The van der Waals surface area contributed by atoms with E-state index in [0.29, 0.717) is 10.7 Å². The first kappa shape index (κ1) is 14.6. The molecule has 0 bridgehead atoms. The lowest BCUT2D eigenvalue weighted by molar-refractivity contribution is -0.114. The predicted molar refractivity (Wildman–Crippen MR) is 86.2 cm³/mol. The van der Waals surface area contributed by atoms with E-state index in [9.17, 15) is 9.18 Å². The standard InChI is InChI=1S/C15H13FN4OS/c1-8(2)14-19-20-12(17)11(13(21)18-15(20)22-14)7-9-3-5-10(16)6-4-9/h3-8,17H,1-2H3. The van der Waals surface area contributed by atoms with E-state index in [-0.39, 0.29) is 23.1 Å². The summed E-state index contributed by atoms with van der Waals surface area (Å²) >= 11 is 1.31. The van der Waals surface area contributed by atoms with Gasteiger partial charge < -0.3 is 0 Å². The number of halogens is 1. The number of rotatable bonds is 2. The minimum Gasteiger partial charge on any atom is -0.282 e. The largest absolute Gasteiger partial charge is 0.283 e. The van der Waals surface area contributed by atoms with E-state index in [1.54, 1.807) is 12.1 Å². The fraction of sp³-hybridized carbons (Fsp3) is 0.200. The monoisotopic (exact) mass is 316 g/mol. The molecule has 22 heavy (non-hydrogen) atoms. The summed E-state index contributed by atoms with van der Waals surface area (Å²) in [6, 6.07) is 5.70. The Labute approximate surface area is 131 Å². The van der Waals surface area contributed by atoms with Crippen molar-refractivity contribution in [3.05, 3.63) is 41.2 Å². The van der Waals surface area contributed by atoms with Crippen LogP contribution in [-0.4, -0.2) is 27.0 Å². The summed E-state index contributed by atoms with van der Waals surface area (Å²) < 4.78 is 12.9. The third-order valence-corrected chi connectivity index (χ3v) is 4.35. The van der Waals surface area contributed by atoms with Crippen molar-refractivity contribution in [2.75, 3.05) is 0 Å². The minimum atomic E-state index is -0.478. The second-order valence-electron chi connectivity index (χ2n) is 5.16. The van der Waals surface area contributed by atoms with E-state index in [4.69, 9.17) is 5.41 Å². The van der Waals surface area contributed by atoms with Crippen molar-refractivity contribution in [2.24, 2.45) is 16.0 Å². The topological polar surface area (TPSA) is 68.9 Å². The van der Waals surface area contributed by atoms with Gasteiger partial charge in [-0.05, 0) is 35.5 Å². The average molecular weight is 316 g/mol. The normalized spacial score (nSPS) is 19.6. The summed E-state index contributed by atoms with van der Waals surface area (Å²) in [6.07, 6.45) is 1.53. The Bertz CT molecular complexity index is 749. The molecule has 0 atom stereocenters. The number of carbonyl (C=O) groups is 1. The van der Waals surface area contributed by atoms with Gasteiger partial charge >= 0.3 is 0 Å². The van der Waals surface area contributed by atoms with Gasteiger partial charge in [0.05, 0.1) is 5.57 Å². The fourth-order valence-corrected chi connectivity index (χ4v) is 2.86. The van der Waals surface area contributed by atoms with Crippen LogP contribution in [0.5, 0.6) is 0 Å². The quantitative estimate of drug-likeness (QED) is 0.852. The van der Waals surface area contributed by atoms with E-state index in [1.807, 2.05) is 13.8 Å². The van der Waals surface area contributed by atoms with Gasteiger partial charge in [0.1, 0.15) is 10.9 Å². The van der Waals surface area contributed by atoms with Crippen LogP contribution in [0.25, 0.3) is 6.08 Å². The van der Waals surface area contributed by atoms with Crippen LogP contribution >= 0.6 is 11.8 Å². The van der Waals surface area contributed by atoms with Gasteiger partial charge in [0.15, 0.2) is 5.84 Å². The van der Waals surface area contributed by atoms with Gasteiger partial charge in [0, 0.05) is 5.92 Å². The van der Waals surface area contributed by atoms with Crippen LogP contribution in [-0.2, 0) is 4.79 Å². The Kier molecular flexibility index (Phi) is 3.66. The van der Waals surface area contributed by atoms with Gasteiger partial charge in [0.25, 0.3) is 5.91 Å². The summed E-state index contributed by atoms with van der Waals surface area (Å²) in [6.45, 7) is 3.98. The molecule has 7 heteroatoms. The van der Waals surface area contributed by atoms with E-state index in [1.165, 1.54) is 35.0 Å². The number of fused-ring (bicyclic) bond motifs is 1. The molecule has 0 spiro atoms. The van der Waals surface area contributed by atoms with Crippen LogP contribution in [0.4, 0.5) is 4.39 Å². The highest BCUT2D eigenvalue weighted by atomic mass is 32.2. The molecular weight excluding hydrogens is 303 g/mol. The molecule has 2 heterocycles. The number of nitrogens with zero attached hydrogens (tertiary/aromatic N) is 3. The number of aliphatic imine (C=N–C) groups is 1. The molecule has 0 fully saturated rings. The van der Waals surface area contributed by atoms with Crippen LogP contribution in [0.15, 0.2) is 39.9 Å². The van der Waals surface area contributed by atoms with Gasteiger partial charge in [0.2, 0.25) is 5.17 Å². The molecule has 0 saturated carbocycles. The Morgan fingerprint density at radius 3 is 2.64 bits per heavy atom. The lowest BCUT2D eigenvalue weighted by Gasteiger charge is -2.20. The maximum absolute atomic E-state index is 12.9. The summed E-state index contributed by atoms with van der Waals surface area (Å²) in [5, 5.41) is 15.1. The molecule has 5 nitrogen and oxygen atoms in total. The average Bonchev–Trinajstić information content (AvgIpc) is 2.90. The molecule has 0 aromatic heterocycles. The molecule has 0 aliphatic carbocycles. The Hall–Kier alpha value is -2.28. The number of benzene rings is 1. The summed E-state index contributed by atoms with van der Waals surface area (Å²) in [7, 11) is 0. The minimum absolute atomic E-state index is 0.0116. The van der Waals surface area contributed by atoms with Crippen molar-refractivity contribution in [1.29, 1.82) is 5.41 Å². The Morgan fingerprint density at radius 1 is 1.32 bits per heavy atom. The maximum atomic E-state index is 12.9. The van der Waals surface area contributed by atoms with Crippen molar-refractivity contribution in [1.82, 2.24) is 5.01 Å². The lowest BCUT2D eigenvalue weighted by atomic mass is 10.1. The highest BCUT2D eigenvalue weighted by Crippen LogP contribution is 2.30. The third kappa shape index (κ3) is 2.59. The SMILES string of the molecule is CC(C)C1=NN2C(=N)C(=Cc3ccc(F)cc3)C(=O)N=C2S1. The zero-order chi connectivity index (χ0) is 15.9. The number of hydrogen-bond acceptors (Lipinski definition) is 4. The van der Waals surface area contributed by atoms with Crippen molar-refractivity contribution in [3.8, 4) is 0 Å². The second-order valence-corrected chi connectivity index (χ2v) is 6.15. The second kappa shape index (κ2) is 5.49. The van der Waals surface area contributed by atoms with Gasteiger partial charge in [-0.15, -0.1) is 0 Å². The van der Waals surface area contributed by atoms with Crippen molar-refractivity contribution in [3.63, 3.8) is 0 Å². The van der Waals surface area contributed by atoms with Gasteiger partial charge in [-0.25, -0.2) is 4.39 Å². The van der Waals surface area contributed by atoms with Gasteiger partial charge in [-0.1, -0.05) is 26.0 Å². The molecule has 1 N–H and O–H groups in total. The smallest absolute Gasteiger partial charge is 0.282 e. The summed E-state index contributed by atoms with van der Waals surface area (Å²) in [5.41, 5.74) is 0.776. The first-order valence-electron chi connectivity index (χ1n) is 6.71. The Balaban J connectivity index is 1.97. The van der Waals surface area contributed by atoms with Crippen molar-refractivity contribution < 1.29 is 9.18 Å². The summed E-state index contributed by atoms with van der Waals surface area (Å²) in [4.78, 5) is 16.1. The molecule has 1 aromatic rings. The van der Waals surface area contributed by atoms with Crippen molar-refractivity contribution in [2.45, 2.75) is 13.8 Å². The van der Waals surface area contributed by atoms with Gasteiger partial charge in [-0.2, -0.15) is 15.1 Å². The van der Waals surface area contributed by atoms with Crippen LogP contribution in [0.1, 0.15) is 19.4 Å². The lowest BCUT2D eigenvalue weighted by Crippen LogP contribution is -2.35. The van der Waals surface area contributed by atoms with Gasteiger partial charge in [-0.3, -0.25) is 10.2 Å². The number of hydrazone groups is 1. The molecule has 2 aliphatic rings. The number of carbonyl (C=O) groups excluding carboxylic acids is 1. The molecular formula is C15H13FN4OS. The molecule has 0 saturated heterocycles. The fourth-order valence-electron chi connectivity index (χ4n) is 1.97. The van der Waals surface area contributed by atoms with E-state index in [2.05, 4.69) is 10.1 Å². The molecule has 0 radical (unpaired) electrons. The number of hydrogen-bond donors (Lipinski definition) is 1. The molecule has 2 aliphatic heterocycles. The highest BCUT2D eigenvalue weighted by Gasteiger charge is 2.36. The molecule has 112 valence electrons. The van der Waals surface area contributed by atoms with Crippen LogP contribution in [0.2, 0.25) is 0 Å².